The first-order valence-corrected chi connectivity index (χ1v) is 6.19. The Kier molecular flexibility index (Phi) is 3.76. The maximum atomic E-state index is 12.0. The Hall–Kier alpha value is -2.00. The normalized spacial score (nSPS) is 10.3. The van der Waals surface area contributed by atoms with Gasteiger partial charge in [-0.2, -0.15) is 0 Å². The molecular formula is C15H14ClNO2. The minimum absolute atomic E-state index is 0.353. The summed E-state index contributed by atoms with van der Waals surface area (Å²) in [6.07, 6.45) is 0. The third-order valence-electron chi connectivity index (χ3n) is 2.80. The molecule has 0 bridgehead atoms. The van der Waals surface area contributed by atoms with Gasteiger partial charge in [-0.25, -0.2) is 4.79 Å². The van der Waals surface area contributed by atoms with E-state index >= 15 is 0 Å². The number of hydrogen-bond donors (Lipinski definition) is 1. The molecule has 0 radical (unpaired) electrons. The van der Waals surface area contributed by atoms with Crippen molar-refractivity contribution in [3.63, 3.8) is 0 Å². The summed E-state index contributed by atoms with van der Waals surface area (Å²) < 4.78 is 5.28. The van der Waals surface area contributed by atoms with E-state index in [-0.39, 0.29) is 0 Å². The van der Waals surface area contributed by atoms with E-state index in [1.165, 1.54) is 0 Å². The smallest absolute Gasteiger partial charge is 0.343 e. The molecule has 0 aromatic heterocycles. The van der Waals surface area contributed by atoms with E-state index in [4.69, 9.17) is 22.1 Å². The van der Waals surface area contributed by atoms with Crippen LogP contribution in [0.3, 0.4) is 0 Å². The summed E-state index contributed by atoms with van der Waals surface area (Å²) in [7, 11) is 0. The molecule has 0 saturated heterocycles. The van der Waals surface area contributed by atoms with E-state index in [0.717, 1.165) is 11.1 Å². The largest absolute Gasteiger partial charge is 0.421 e. The van der Waals surface area contributed by atoms with Gasteiger partial charge in [-0.1, -0.05) is 23.7 Å². The Morgan fingerprint density at radius 3 is 2.58 bits per heavy atom. The zero-order chi connectivity index (χ0) is 14.0. The lowest BCUT2D eigenvalue weighted by Gasteiger charge is -2.08. The quantitative estimate of drug-likeness (QED) is 0.516. The number of aryl methyl sites for hydroxylation is 2. The molecule has 0 aliphatic rings. The van der Waals surface area contributed by atoms with Crippen molar-refractivity contribution in [2.45, 2.75) is 13.8 Å². The van der Waals surface area contributed by atoms with Crippen LogP contribution in [0.25, 0.3) is 0 Å². The van der Waals surface area contributed by atoms with Crippen LogP contribution < -0.4 is 10.5 Å². The Balaban J connectivity index is 2.25. The van der Waals surface area contributed by atoms with E-state index < -0.39 is 5.97 Å². The lowest BCUT2D eigenvalue weighted by Crippen LogP contribution is -2.09. The fourth-order valence-corrected chi connectivity index (χ4v) is 1.77. The Bertz CT molecular complexity index is 638. The van der Waals surface area contributed by atoms with E-state index in [0.29, 0.717) is 22.0 Å². The average Bonchev–Trinajstić information content (AvgIpc) is 2.37. The summed E-state index contributed by atoms with van der Waals surface area (Å²) in [5, 5.41) is 0.402. The molecule has 2 aromatic rings. The highest BCUT2D eigenvalue weighted by Crippen LogP contribution is 2.26. The molecule has 0 spiro atoms. The topological polar surface area (TPSA) is 52.3 Å². The van der Waals surface area contributed by atoms with Gasteiger partial charge in [0.05, 0.1) is 10.6 Å². The van der Waals surface area contributed by atoms with Crippen molar-refractivity contribution >= 4 is 23.3 Å². The lowest BCUT2D eigenvalue weighted by atomic mass is 10.1. The molecule has 0 heterocycles. The average molecular weight is 276 g/mol. The first kappa shape index (κ1) is 13.4. The fourth-order valence-electron chi connectivity index (χ4n) is 1.62. The number of hydrogen-bond acceptors (Lipinski definition) is 3. The third kappa shape index (κ3) is 3.06. The van der Waals surface area contributed by atoms with Gasteiger partial charge >= 0.3 is 5.97 Å². The third-order valence-corrected chi connectivity index (χ3v) is 3.12. The number of carbonyl (C=O) groups excluding carboxylic acids is 1. The molecule has 0 aliphatic heterocycles. The van der Waals surface area contributed by atoms with Crippen LogP contribution in [0.1, 0.15) is 21.5 Å². The van der Waals surface area contributed by atoms with Crippen LogP contribution in [0.5, 0.6) is 5.75 Å². The number of halogens is 1. The van der Waals surface area contributed by atoms with Gasteiger partial charge in [0.15, 0.2) is 0 Å². The van der Waals surface area contributed by atoms with Crippen molar-refractivity contribution in [2.24, 2.45) is 0 Å². The fraction of sp³-hybridized carbons (Fsp3) is 0.133. The predicted octanol–water partition coefficient (Wildman–Crippen LogP) is 3.76. The van der Waals surface area contributed by atoms with Crippen LogP contribution in [-0.4, -0.2) is 5.97 Å². The van der Waals surface area contributed by atoms with Crippen molar-refractivity contribution in [2.75, 3.05) is 5.73 Å². The molecule has 0 aliphatic carbocycles. The molecule has 19 heavy (non-hydrogen) atoms. The number of rotatable bonds is 2. The zero-order valence-corrected chi connectivity index (χ0v) is 11.5. The first-order chi connectivity index (χ1) is 8.97. The molecule has 4 heteroatoms. The van der Waals surface area contributed by atoms with Crippen LogP contribution in [0.2, 0.25) is 5.02 Å². The van der Waals surface area contributed by atoms with Crippen LogP contribution >= 0.6 is 11.6 Å². The lowest BCUT2D eigenvalue weighted by molar-refractivity contribution is 0.0735. The molecule has 0 atom stereocenters. The van der Waals surface area contributed by atoms with Gasteiger partial charge in [0.25, 0.3) is 0 Å². The number of nitrogen functional groups attached to an aromatic ring is 1. The molecule has 2 rings (SSSR count). The number of benzene rings is 2. The van der Waals surface area contributed by atoms with Crippen molar-refractivity contribution in [1.82, 2.24) is 0 Å². The highest BCUT2D eigenvalue weighted by molar-refractivity contribution is 6.32. The summed E-state index contributed by atoms with van der Waals surface area (Å²) in [6, 6.07) is 10.3. The Morgan fingerprint density at radius 2 is 1.89 bits per heavy atom. The SMILES string of the molecule is Cc1ccc(Cl)c(OC(=O)c2ccc(C)c(N)c2)c1. The summed E-state index contributed by atoms with van der Waals surface area (Å²) in [5.41, 5.74) is 8.62. The number of carbonyl (C=O) groups is 1. The van der Waals surface area contributed by atoms with Gasteiger partial charge < -0.3 is 10.5 Å². The van der Waals surface area contributed by atoms with Crippen molar-refractivity contribution in [1.29, 1.82) is 0 Å². The van der Waals surface area contributed by atoms with Gasteiger partial charge in [0.1, 0.15) is 5.75 Å². The highest BCUT2D eigenvalue weighted by Gasteiger charge is 2.12. The summed E-state index contributed by atoms with van der Waals surface area (Å²) in [4.78, 5) is 12.0. The maximum Gasteiger partial charge on any atom is 0.343 e. The van der Waals surface area contributed by atoms with E-state index in [1.54, 1.807) is 30.3 Å². The van der Waals surface area contributed by atoms with Gasteiger partial charge in [0, 0.05) is 5.69 Å². The van der Waals surface area contributed by atoms with Crippen LogP contribution in [0.15, 0.2) is 36.4 Å². The van der Waals surface area contributed by atoms with Crippen molar-refractivity contribution in [3.8, 4) is 5.75 Å². The van der Waals surface area contributed by atoms with Gasteiger partial charge in [-0.05, 0) is 49.2 Å². The summed E-state index contributed by atoms with van der Waals surface area (Å²) in [5.74, 6) is -0.120. The Morgan fingerprint density at radius 1 is 1.16 bits per heavy atom. The van der Waals surface area contributed by atoms with Crippen LogP contribution in [-0.2, 0) is 0 Å². The minimum atomic E-state index is -0.473. The summed E-state index contributed by atoms with van der Waals surface area (Å²) >= 11 is 5.98. The molecule has 2 N–H and O–H groups in total. The van der Waals surface area contributed by atoms with Crippen molar-refractivity contribution < 1.29 is 9.53 Å². The molecule has 2 aromatic carbocycles. The van der Waals surface area contributed by atoms with Crippen LogP contribution in [0.4, 0.5) is 5.69 Å². The molecule has 0 saturated carbocycles. The van der Waals surface area contributed by atoms with Gasteiger partial charge in [0.2, 0.25) is 0 Å². The predicted molar refractivity (Wildman–Crippen MR) is 76.7 cm³/mol. The van der Waals surface area contributed by atoms with Crippen LogP contribution in [0, 0.1) is 13.8 Å². The van der Waals surface area contributed by atoms with E-state index in [9.17, 15) is 4.79 Å². The zero-order valence-electron chi connectivity index (χ0n) is 10.7. The van der Waals surface area contributed by atoms with Gasteiger partial charge in [-0.15, -0.1) is 0 Å². The second-order valence-electron chi connectivity index (χ2n) is 4.39. The number of nitrogens with two attached hydrogens (primary N) is 1. The molecular weight excluding hydrogens is 262 g/mol. The molecule has 0 fully saturated rings. The standard InChI is InChI=1S/C15H14ClNO2/c1-9-3-6-12(16)14(7-9)19-15(18)11-5-4-10(2)13(17)8-11/h3-8H,17H2,1-2H3. The van der Waals surface area contributed by atoms with E-state index in [2.05, 4.69) is 0 Å². The van der Waals surface area contributed by atoms with Gasteiger partial charge in [-0.3, -0.25) is 0 Å². The van der Waals surface area contributed by atoms with E-state index in [1.807, 2.05) is 19.9 Å². The monoisotopic (exact) mass is 275 g/mol. The number of anilines is 1. The first-order valence-electron chi connectivity index (χ1n) is 5.82. The number of esters is 1. The highest BCUT2D eigenvalue weighted by atomic mass is 35.5. The molecule has 98 valence electrons. The molecule has 0 unspecified atom stereocenters. The molecule has 3 nitrogen and oxygen atoms in total. The summed E-state index contributed by atoms with van der Waals surface area (Å²) in [6.45, 7) is 3.78. The maximum absolute atomic E-state index is 12.0. The minimum Gasteiger partial charge on any atom is -0.421 e. The Labute approximate surface area is 117 Å². The second kappa shape index (κ2) is 5.33. The number of ether oxygens (including phenoxy) is 1. The van der Waals surface area contributed by atoms with Crippen molar-refractivity contribution in [3.05, 3.63) is 58.1 Å². The molecule has 0 amide bonds. The second-order valence-corrected chi connectivity index (χ2v) is 4.80.